The third-order valence-corrected chi connectivity index (χ3v) is 7.28. The number of para-hydroxylation sites is 1. The molecule has 1 aliphatic rings. The molecule has 1 unspecified atom stereocenters. The van der Waals surface area contributed by atoms with Gasteiger partial charge in [-0.05, 0) is 30.7 Å². The molecule has 0 saturated heterocycles. The number of fused-ring (bicyclic) bond motifs is 2. The molecule has 0 aliphatic carbocycles. The topological polar surface area (TPSA) is 81.8 Å². The number of nitrogens with zero attached hydrogens (tertiary/aromatic N) is 4. The third-order valence-electron chi connectivity index (χ3n) is 5.36. The summed E-state index contributed by atoms with van der Waals surface area (Å²) in [6.07, 6.45) is 1.65. The number of hydrogen-bond acceptors (Lipinski definition) is 5. The molecule has 7 nitrogen and oxygen atoms in total. The SMILES string of the molecule is Cc1ccccc1-n1ncc2c(=O)n3c(nc21)SCC3CC(=O)Nc1cccc(Cl)c1Cl. The van der Waals surface area contributed by atoms with E-state index >= 15 is 0 Å². The van der Waals surface area contributed by atoms with E-state index in [2.05, 4.69) is 10.4 Å². The van der Waals surface area contributed by atoms with Crippen LogP contribution in [0.3, 0.4) is 0 Å². The van der Waals surface area contributed by atoms with Gasteiger partial charge in [-0.15, -0.1) is 0 Å². The molecule has 4 aromatic rings. The van der Waals surface area contributed by atoms with Crippen molar-refractivity contribution in [1.29, 1.82) is 0 Å². The molecule has 10 heteroatoms. The molecule has 1 atom stereocenters. The van der Waals surface area contributed by atoms with E-state index in [1.165, 1.54) is 18.0 Å². The monoisotopic (exact) mass is 485 g/mol. The van der Waals surface area contributed by atoms with Crippen molar-refractivity contribution in [3.63, 3.8) is 0 Å². The van der Waals surface area contributed by atoms with E-state index in [-0.39, 0.29) is 29.0 Å². The van der Waals surface area contributed by atoms with Crippen LogP contribution in [0.25, 0.3) is 16.7 Å². The molecule has 2 aromatic carbocycles. The lowest BCUT2D eigenvalue weighted by Crippen LogP contribution is -2.27. The number of carbonyl (C=O) groups is 1. The van der Waals surface area contributed by atoms with Crippen molar-refractivity contribution in [2.45, 2.75) is 24.5 Å². The highest BCUT2D eigenvalue weighted by molar-refractivity contribution is 7.99. The minimum atomic E-state index is -0.320. The van der Waals surface area contributed by atoms with Gasteiger partial charge < -0.3 is 5.32 Å². The van der Waals surface area contributed by atoms with Gasteiger partial charge >= 0.3 is 0 Å². The zero-order valence-electron chi connectivity index (χ0n) is 16.9. The van der Waals surface area contributed by atoms with Gasteiger partial charge in [-0.25, -0.2) is 9.67 Å². The Kier molecular flexibility index (Phi) is 5.44. The highest BCUT2D eigenvalue weighted by atomic mass is 35.5. The van der Waals surface area contributed by atoms with E-state index in [1.807, 2.05) is 31.2 Å². The molecule has 0 spiro atoms. The van der Waals surface area contributed by atoms with Gasteiger partial charge in [0.05, 0.1) is 33.7 Å². The maximum absolute atomic E-state index is 13.3. The lowest BCUT2D eigenvalue weighted by Gasteiger charge is -2.14. The number of amides is 1. The summed E-state index contributed by atoms with van der Waals surface area (Å²) in [5.74, 6) is 0.318. The fourth-order valence-corrected chi connectivity index (χ4v) is 5.25. The molecule has 162 valence electrons. The number of anilines is 1. The Hall–Kier alpha value is -2.81. The molecule has 0 fully saturated rings. The number of thioether (sulfide) groups is 1. The molecule has 5 rings (SSSR count). The first kappa shape index (κ1) is 21.1. The first-order chi connectivity index (χ1) is 15.4. The van der Waals surface area contributed by atoms with E-state index in [1.54, 1.807) is 27.4 Å². The summed E-state index contributed by atoms with van der Waals surface area (Å²) in [6, 6.07) is 12.5. The lowest BCUT2D eigenvalue weighted by atomic mass is 10.2. The van der Waals surface area contributed by atoms with Crippen molar-refractivity contribution in [2.75, 3.05) is 11.1 Å². The second kappa shape index (κ2) is 8.27. The Labute approximate surface area is 197 Å². The van der Waals surface area contributed by atoms with Gasteiger partial charge in [0.1, 0.15) is 5.39 Å². The smallest absolute Gasteiger partial charge is 0.265 e. The van der Waals surface area contributed by atoms with E-state index in [4.69, 9.17) is 28.2 Å². The van der Waals surface area contributed by atoms with Crippen LogP contribution in [0, 0.1) is 6.92 Å². The third kappa shape index (κ3) is 3.58. The predicted octanol–water partition coefficient (Wildman–Crippen LogP) is 4.87. The summed E-state index contributed by atoms with van der Waals surface area (Å²) in [4.78, 5) is 30.7. The molecule has 1 N–H and O–H groups in total. The van der Waals surface area contributed by atoms with Crippen molar-refractivity contribution in [3.05, 3.63) is 74.6 Å². The van der Waals surface area contributed by atoms with Crippen LogP contribution in [0.15, 0.2) is 58.6 Å². The Morgan fingerprint density at radius 3 is 2.84 bits per heavy atom. The molecule has 32 heavy (non-hydrogen) atoms. The standard InChI is InChI=1S/C22H17Cl2N5O2S/c1-12-5-2-3-8-17(12)29-20-14(10-25-29)21(31)28-13(11-32-22(28)27-20)9-18(30)26-16-7-4-6-15(23)19(16)24/h2-8,10,13H,9,11H2,1H3,(H,26,30). The molecule has 2 aromatic heterocycles. The van der Waals surface area contributed by atoms with Crippen LogP contribution in [0.2, 0.25) is 10.0 Å². The lowest BCUT2D eigenvalue weighted by molar-refractivity contribution is -0.116. The fourth-order valence-electron chi connectivity index (χ4n) is 3.77. The predicted molar refractivity (Wildman–Crippen MR) is 127 cm³/mol. The van der Waals surface area contributed by atoms with Gasteiger partial charge in [0.2, 0.25) is 5.91 Å². The Morgan fingerprint density at radius 2 is 2.03 bits per heavy atom. The zero-order valence-corrected chi connectivity index (χ0v) is 19.2. The van der Waals surface area contributed by atoms with Crippen molar-refractivity contribution < 1.29 is 4.79 Å². The minimum absolute atomic E-state index is 0.113. The molecule has 0 radical (unpaired) electrons. The van der Waals surface area contributed by atoms with E-state index in [9.17, 15) is 9.59 Å². The number of hydrogen-bond donors (Lipinski definition) is 1. The van der Waals surface area contributed by atoms with Gasteiger partial charge in [-0.2, -0.15) is 5.10 Å². The van der Waals surface area contributed by atoms with Gasteiger partial charge in [-0.3, -0.25) is 14.2 Å². The maximum atomic E-state index is 13.3. The number of aromatic nitrogens is 4. The zero-order chi connectivity index (χ0) is 22.4. The average Bonchev–Trinajstić information content (AvgIpc) is 3.37. The van der Waals surface area contributed by atoms with Crippen molar-refractivity contribution in [3.8, 4) is 5.69 Å². The highest BCUT2D eigenvalue weighted by Gasteiger charge is 2.30. The number of carbonyl (C=O) groups excluding carboxylic acids is 1. The summed E-state index contributed by atoms with van der Waals surface area (Å²) in [5, 5.41) is 8.84. The Morgan fingerprint density at radius 1 is 1.22 bits per heavy atom. The largest absolute Gasteiger partial charge is 0.325 e. The normalized spacial score (nSPS) is 15.2. The van der Waals surface area contributed by atoms with Gasteiger partial charge in [-0.1, -0.05) is 59.2 Å². The summed E-state index contributed by atoms with van der Waals surface area (Å²) >= 11 is 13.6. The van der Waals surface area contributed by atoms with Crippen LogP contribution in [-0.2, 0) is 4.79 Å². The molecule has 3 heterocycles. The van der Waals surface area contributed by atoms with Gasteiger partial charge in [0.15, 0.2) is 10.8 Å². The number of nitrogens with one attached hydrogen (secondary N) is 1. The van der Waals surface area contributed by atoms with Crippen LogP contribution in [0.5, 0.6) is 0 Å². The molecule has 1 aliphatic heterocycles. The second-order valence-corrected chi connectivity index (χ2v) is 9.24. The maximum Gasteiger partial charge on any atom is 0.265 e. The quantitative estimate of drug-likeness (QED) is 0.416. The summed E-state index contributed by atoms with van der Waals surface area (Å²) in [5.41, 5.74) is 2.65. The fraction of sp³-hybridized carbons (Fsp3) is 0.182. The van der Waals surface area contributed by atoms with E-state index in [0.29, 0.717) is 32.7 Å². The second-order valence-electron chi connectivity index (χ2n) is 7.47. The number of halogens is 2. The van der Waals surface area contributed by atoms with Crippen molar-refractivity contribution in [1.82, 2.24) is 19.3 Å². The summed E-state index contributed by atoms with van der Waals surface area (Å²) in [7, 11) is 0. The number of aryl methyl sites for hydroxylation is 1. The van der Waals surface area contributed by atoms with Crippen LogP contribution in [0.4, 0.5) is 5.69 Å². The van der Waals surface area contributed by atoms with Crippen LogP contribution in [0.1, 0.15) is 18.0 Å². The van der Waals surface area contributed by atoms with E-state index < -0.39 is 0 Å². The highest BCUT2D eigenvalue weighted by Crippen LogP contribution is 2.34. The Bertz CT molecular complexity index is 1430. The first-order valence-corrected chi connectivity index (χ1v) is 11.6. The number of rotatable bonds is 4. The van der Waals surface area contributed by atoms with Crippen molar-refractivity contribution in [2.24, 2.45) is 0 Å². The molecule has 0 bridgehead atoms. The van der Waals surface area contributed by atoms with Gasteiger partial charge in [0.25, 0.3) is 5.56 Å². The summed E-state index contributed by atoms with van der Waals surface area (Å²) < 4.78 is 3.28. The average molecular weight is 486 g/mol. The minimum Gasteiger partial charge on any atom is -0.325 e. The van der Waals surface area contributed by atoms with E-state index in [0.717, 1.165) is 11.3 Å². The Balaban J connectivity index is 1.46. The van der Waals surface area contributed by atoms with Gasteiger partial charge in [0, 0.05) is 12.2 Å². The molecule has 0 saturated carbocycles. The molecule has 1 amide bonds. The van der Waals surface area contributed by atoms with Crippen molar-refractivity contribution >= 4 is 57.6 Å². The van der Waals surface area contributed by atoms with Crippen LogP contribution < -0.4 is 10.9 Å². The molecular weight excluding hydrogens is 469 g/mol. The first-order valence-electron chi connectivity index (χ1n) is 9.87. The van der Waals surface area contributed by atoms with Crippen LogP contribution >= 0.6 is 35.0 Å². The van der Waals surface area contributed by atoms with Crippen LogP contribution in [-0.4, -0.2) is 31.0 Å². The summed E-state index contributed by atoms with van der Waals surface area (Å²) in [6.45, 7) is 1.98. The molecular formula is C22H17Cl2N5O2S. The number of benzene rings is 2.